The third-order valence-electron chi connectivity index (χ3n) is 5.76. The molecule has 0 aromatic carbocycles. The number of alkyl halides is 2. The fourth-order valence-corrected chi connectivity index (χ4v) is 12.2. The highest BCUT2D eigenvalue weighted by atomic mass is 79.9. The first-order valence-electron chi connectivity index (χ1n) is 7.34. The predicted octanol–water partition coefficient (Wildman–Crippen LogP) is 5.49. The molecule has 0 amide bonds. The molecule has 4 saturated carbocycles. The highest BCUT2D eigenvalue weighted by molar-refractivity contribution is 9.10. The van der Waals surface area contributed by atoms with Gasteiger partial charge in [-0.15, -0.1) is 0 Å². The summed E-state index contributed by atoms with van der Waals surface area (Å²) in [6.07, 6.45) is 8.97. The van der Waals surface area contributed by atoms with Gasteiger partial charge in [0.25, 0.3) is 0 Å². The van der Waals surface area contributed by atoms with E-state index >= 15 is 0 Å². The van der Waals surface area contributed by atoms with Gasteiger partial charge >= 0.3 is 0 Å². The summed E-state index contributed by atoms with van der Waals surface area (Å²) in [6.45, 7) is 0. The second-order valence-electron chi connectivity index (χ2n) is 6.68. The molecule has 0 spiro atoms. The van der Waals surface area contributed by atoms with E-state index in [9.17, 15) is 0 Å². The van der Waals surface area contributed by atoms with Gasteiger partial charge in [-0.05, 0) is 62.2 Å². The molecule has 0 nitrogen and oxygen atoms in total. The maximum absolute atomic E-state index is 3.98. The molecule has 0 N–H and O–H groups in total. The number of rotatable bonds is 3. The lowest BCUT2D eigenvalue weighted by Gasteiger charge is -2.30. The SMILES string of the molecule is Br[C@H]1[C@@H]2CC[C@@H](C2)[C@H]1SS[C@H]1[C@@H]2CC[C@@H](C2)[C@@H]1Br. The first kappa shape index (κ1) is 13.3. The standard InChI is InChI=1S/C14H20Br2S2/c15-11-7-1-3-9(5-7)13(11)17-18-14-10-4-2-8(6-10)12(14)16/h7-14H,1-6H2/t7-,8+,9+,10-,11-,12-,13-,14+/m0/s1. The first-order chi connectivity index (χ1) is 8.74. The van der Waals surface area contributed by atoms with Crippen LogP contribution in [0.3, 0.4) is 0 Å². The Labute approximate surface area is 135 Å². The van der Waals surface area contributed by atoms with Crippen LogP contribution in [0.5, 0.6) is 0 Å². The molecule has 0 aromatic rings. The molecule has 4 heteroatoms. The van der Waals surface area contributed by atoms with Crippen molar-refractivity contribution in [1.29, 1.82) is 0 Å². The van der Waals surface area contributed by atoms with Crippen molar-refractivity contribution in [3.05, 3.63) is 0 Å². The van der Waals surface area contributed by atoms with Gasteiger partial charge in [0, 0.05) is 20.2 Å². The Morgan fingerprint density at radius 1 is 0.611 bits per heavy atom. The molecule has 4 aliphatic rings. The molecule has 4 aliphatic carbocycles. The fourth-order valence-electron chi connectivity index (χ4n) is 4.73. The van der Waals surface area contributed by atoms with Crippen LogP contribution in [0.25, 0.3) is 0 Å². The van der Waals surface area contributed by atoms with Crippen molar-refractivity contribution in [2.75, 3.05) is 0 Å². The van der Waals surface area contributed by atoms with E-state index in [-0.39, 0.29) is 0 Å². The van der Waals surface area contributed by atoms with Crippen LogP contribution in [0.4, 0.5) is 0 Å². The van der Waals surface area contributed by atoms with E-state index in [0.29, 0.717) is 0 Å². The molecule has 4 bridgehead atoms. The van der Waals surface area contributed by atoms with Gasteiger partial charge in [-0.3, -0.25) is 0 Å². The average Bonchev–Trinajstić information content (AvgIpc) is 3.08. The summed E-state index contributed by atoms with van der Waals surface area (Å²) in [5.41, 5.74) is 0. The number of hydrogen-bond donors (Lipinski definition) is 0. The molecule has 0 aromatic heterocycles. The average molecular weight is 412 g/mol. The minimum atomic E-state index is 0.807. The van der Waals surface area contributed by atoms with E-state index in [4.69, 9.17) is 0 Å². The lowest BCUT2D eigenvalue weighted by Crippen LogP contribution is -2.27. The normalized spacial score (nSPS) is 57.7. The highest BCUT2D eigenvalue weighted by Crippen LogP contribution is 2.60. The predicted molar refractivity (Wildman–Crippen MR) is 89.9 cm³/mol. The van der Waals surface area contributed by atoms with Gasteiger partial charge in [0.15, 0.2) is 0 Å². The smallest absolute Gasteiger partial charge is 0.0307 e. The summed E-state index contributed by atoms with van der Waals surface area (Å²) in [5.74, 6) is 4.02. The molecule has 4 fully saturated rings. The van der Waals surface area contributed by atoms with Gasteiger partial charge in [0.05, 0.1) is 0 Å². The Kier molecular flexibility index (Phi) is 3.80. The van der Waals surface area contributed by atoms with Crippen molar-refractivity contribution in [2.45, 2.75) is 58.7 Å². The van der Waals surface area contributed by atoms with Crippen molar-refractivity contribution in [3.63, 3.8) is 0 Å². The largest absolute Gasteiger partial charge is 0.0889 e. The third-order valence-corrected chi connectivity index (χ3v) is 12.7. The minimum Gasteiger partial charge on any atom is -0.0889 e. The third kappa shape index (κ3) is 2.07. The maximum atomic E-state index is 3.98. The van der Waals surface area contributed by atoms with Gasteiger partial charge in [-0.25, -0.2) is 0 Å². The molecule has 4 rings (SSSR count). The van der Waals surface area contributed by atoms with Crippen LogP contribution < -0.4 is 0 Å². The summed E-state index contributed by atoms with van der Waals surface area (Å²) < 4.78 is 0. The molecular weight excluding hydrogens is 392 g/mol. The van der Waals surface area contributed by atoms with Gasteiger partial charge < -0.3 is 0 Å². The molecule has 0 aliphatic heterocycles. The number of halogens is 2. The second kappa shape index (κ2) is 5.14. The van der Waals surface area contributed by atoms with Crippen LogP contribution in [0, 0.1) is 23.7 Å². The molecule has 0 saturated heterocycles. The molecule has 18 heavy (non-hydrogen) atoms. The van der Waals surface area contributed by atoms with Gasteiger partial charge in [-0.1, -0.05) is 53.4 Å². The zero-order chi connectivity index (χ0) is 12.3. The zero-order valence-corrected chi connectivity index (χ0v) is 15.2. The summed E-state index contributed by atoms with van der Waals surface area (Å²) in [4.78, 5) is 1.61. The molecule has 0 heterocycles. The Hall–Kier alpha value is 1.66. The summed E-state index contributed by atoms with van der Waals surface area (Å²) in [5, 5.41) is 1.79. The lowest BCUT2D eigenvalue weighted by atomic mass is 10.0. The van der Waals surface area contributed by atoms with Gasteiger partial charge in [-0.2, -0.15) is 0 Å². The Morgan fingerprint density at radius 2 is 1.00 bits per heavy atom. The van der Waals surface area contributed by atoms with Crippen LogP contribution >= 0.6 is 53.4 Å². The topological polar surface area (TPSA) is 0 Å². The molecule has 8 atom stereocenters. The first-order valence-corrected chi connectivity index (χ1v) is 11.4. The van der Waals surface area contributed by atoms with E-state index < -0.39 is 0 Å². The van der Waals surface area contributed by atoms with Crippen LogP contribution in [0.15, 0.2) is 0 Å². The maximum Gasteiger partial charge on any atom is 0.0307 e. The summed E-state index contributed by atoms with van der Waals surface area (Å²) in [6, 6.07) is 0. The van der Waals surface area contributed by atoms with E-state index in [1.54, 1.807) is 0 Å². The summed E-state index contributed by atoms with van der Waals surface area (Å²) >= 11 is 7.96. The zero-order valence-electron chi connectivity index (χ0n) is 10.4. The minimum absolute atomic E-state index is 0.807. The van der Waals surface area contributed by atoms with Crippen LogP contribution in [0.2, 0.25) is 0 Å². The van der Waals surface area contributed by atoms with E-state index in [2.05, 4.69) is 53.4 Å². The highest BCUT2D eigenvalue weighted by Gasteiger charge is 2.50. The van der Waals surface area contributed by atoms with Crippen molar-refractivity contribution in [2.24, 2.45) is 23.7 Å². The van der Waals surface area contributed by atoms with Crippen molar-refractivity contribution in [1.82, 2.24) is 0 Å². The molecule has 0 radical (unpaired) electrons. The van der Waals surface area contributed by atoms with Crippen molar-refractivity contribution < 1.29 is 0 Å². The van der Waals surface area contributed by atoms with Gasteiger partial charge in [0.1, 0.15) is 0 Å². The molecule has 0 unspecified atom stereocenters. The molecule has 102 valence electrons. The number of fused-ring (bicyclic) bond motifs is 4. The number of hydrogen-bond acceptors (Lipinski definition) is 2. The van der Waals surface area contributed by atoms with Crippen LogP contribution in [0.1, 0.15) is 38.5 Å². The van der Waals surface area contributed by atoms with E-state index in [1.165, 1.54) is 38.5 Å². The van der Waals surface area contributed by atoms with Crippen LogP contribution in [-0.2, 0) is 0 Å². The fraction of sp³-hybridized carbons (Fsp3) is 1.00. The Bertz CT molecular complexity index is 302. The van der Waals surface area contributed by atoms with E-state index in [1.807, 2.05) is 0 Å². The lowest BCUT2D eigenvalue weighted by molar-refractivity contribution is 0.507. The van der Waals surface area contributed by atoms with Crippen LogP contribution in [-0.4, -0.2) is 20.2 Å². The van der Waals surface area contributed by atoms with Gasteiger partial charge in [0.2, 0.25) is 0 Å². The quantitative estimate of drug-likeness (QED) is 0.444. The Balaban J connectivity index is 1.36. The summed E-state index contributed by atoms with van der Waals surface area (Å²) in [7, 11) is 4.47. The Morgan fingerprint density at radius 3 is 1.33 bits per heavy atom. The second-order valence-corrected chi connectivity index (χ2v) is 11.4. The molecular formula is C14H20Br2S2. The van der Waals surface area contributed by atoms with E-state index in [0.717, 1.165) is 43.8 Å². The monoisotopic (exact) mass is 410 g/mol. The van der Waals surface area contributed by atoms with Crippen molar-refractivity contribution >= 4 is 53.4 Å². The van der Waals surface area contributed by atoms with Crippen molar-refractivity contribution in [3.8, 4) is 0 Å².